The Hall–Kier alpha value is -6.64. The van der Waals surface area contributed by atoms with Gasteiger partial charge in [0.05, 0.1) is 5.69 Å². The number of nitrogens with zero attached hydrogens (tertiary/aromatic N) is 1. The molecule has 268 valence electrons. The van der Waals surface area contributed by atoms with Gasteiger partial charge >= 0.3 is 0 Å². The van der Waals surface area contributed by atoms with Crippen molar-refractivity contribution in [1.29, 1.82) is 0 Å². The van der Waals surface area contributed by atoms with E-state index < -0.39 is 0 Å². The van der Waals surface area contributed by atoms with Gasteiger partial charge < -0.3 is 9.88 Å². The van der Waals surface area contributed by atoms with Crippen molar-refractivity contribution < 1.29 is 0 Å². The molecule has 2 aliphatic rings. The number of hydrogen-bond donors (Lipinski definition) is 1. The summed E-state index contributed by atoms with van der Waals surface area (Å²) in [5, 5.41) is 2.53. The van der Waals surface area contributed by atoms with E-state index in [4.69, 9.17) is 0 Å². The van der Waals surface area contributed by atoms with Crippen molar-refractivity contribution in [1.82, 2.24) is 4.98 Å². The van der Waals surface area contributed by atoms with E-state index in [1.807, 2.05) is 0 Å². The summed E-state index contributed by atoms with van der Waals surface area (Å²) in [5.74, 6) is 0. The van der Waals surface area contributed by atoms with E-state index in [9.17, 15) is 0 Å². The van der Waals surface area contributed by atoms with Crippen LogP contribution in [0.2, 0.25) is 0 Å². The van der Waals surface area contributed by atoms with Crippen molar-refractivity contribution in [2.45, 2.75) is 38.5 Å². The van der Waals surface area contributed by atoms with Crippen molar-refractivity contribution in [2.75, 3.05) is 4.90 Å². The Bertz CT molecular complexity index is 3000. The number of benzene rings is 8. The Kier molecular flexibility index (Phi) is 6.98. The maximum atomic E-state index is 3.75. The van der Waals surface area contributed by atoms with Crippen LogP contribution in [0, 0.1) is 0 Å². The highest BCUT2D eigenvalue weighted by Gasteiger charge is 2.39. The van der Waals surface area contributed by atoms with Crippen molar-refractivity contribution in [3.63, 3.8) is 0 Å². The first-order valence-electron chi connectivity index (χ1n) is 19.8. The number of anilines is 3. The number of aromatic amines is 1. The Balaban J connectivity index is 1.02. The van der Waals surface area contributed by atoms with E-state index in [2.05, 4.69) is 214 Å². The minimum atomic E-state index is -0.155. The van der Waals surface area contributed by atoms with Gasteiger partial charge in [-0.3, -0.25) is 0 Å². The summed E-state index contributed by atoms with van der Waals surface area (Å²) in [6.45, 7) is 9.44. The normalized spacial score (nSPS) is 14.4. The topological polar surface area (TPSA) is 19.0 Å². The molecule has 1 heterocycles. The molecule has 0 spiro atoms. The van der Waals surface area contributed by atoms with Gasteiger partial charge in [0.25, 0.3) is 0 Å². The van der Waals surface area contributed by atoms with Crippen LogP contribution in [-0.2, 0) is 10.8 Å². The van der Waals surface area contributed by atoms with E-state index in [1.165, 1.54) is 94.3 Å². The summed E-state index contributed by atoms with van der Waals surface area (Å²) in [6, 6.07) is 65.1. The molecule has 2 heteroatoms. The molecule has 0 aliphatic heterocycles. The highest BCUT2D eigenvalue weighted by molar-refractivity contribution is 6.11. The van der Waals surface area contributed by atoms with Crippen LogP contribution in [0.1, 0.15) is 49.9 Å². The third kappa shape index (κ3) is 4.75. The molecule has 2 nitrogen and oxygen atoms in total. The third-order valence-electron chi connectivity index (χ3n) is 12.8. The van der Waals surface area contributed by atoms with Gasteiger partial charge in [0, 0.05) is 44.0 Å². The smallest absolute Gasteiger partial charge is 0.0508 e. The molecule has 0 radical (unpaired) electrons. The zero-order valence-electron chi connectivity index (χ0n) is 32.2. The second-order valence-electron chi connectivity index (χ2n) is 16.7. The van der Waals surface area contributed by atoms with Crippen LogP contribution in [0.25, 0.3) is 66.3 Å². The molecule has 1 N–H and O–H groups in total. The first-order valence-corrected chi connectivity index (χ1v) is 19.8. The summed E-state index contributed by atoms with van der Waals surface area (Å²) in [7, 11) is 0. The summed E-state index contributed by atoms with van der Waals surface area (Å²) in [5.41, 5.74) is 21.4. The molecule has 9 aromatic rings. The first kappa shape index (κ1) is 32.8. The Labute approximate surface area is 328 Å². The highest BCUT2D eigenvalue weighted by Crippen LogP contribution is 2.54. The molecular weight excluding hydrogens is 677 g/mol. The van der Waals surface area contributed by atoms with Crippen molar-refractivity contribution in [3.8, 4) is 44.5 Å². The van der Waals surface area contributed by atoms with Gasteiger partial charge in [-0.2, -0.15) is 0 Å². The van der Waals surface area contributed by atoms with E-state index in [1.54, 1.807) is 0 Å². The summed E-state index contributed by atoms with van der Waals surface area (Å²) < 4.78 is 0. The fourth-order valence-corrected chi connectivity index (χ4v) is 9.94. The monoisotopic (exact) mass is 718 g/mol. The molecule has 1 aromatic heterocycles. The fourth-order valence-electron chi connectivity index (χ4n) is 9.94. The molecule has 0 fully saturated rings. The van der Waals surface area contributed by atoms with Gasteiger partial charge in [-0.15, -0.1) is 0 Å². The van der Waals surface area contributed by atoms with Crippen LogP contribution < -0.4 is 4.90 Å². The number of H-pyrrole nitrogens is 1. The molecular formula is C54H42N2. The highest BCUT2D eigenvalue weighted by atomic mass is 15.1. The standard InChI is InChI=1S/C54H42N2/c1-53(2)46-18-10-9-16-41(46)43-32-45-44-31-37(25-30-49(44)55-50(45)33-48(43)53)36-23-28-39(29-24-36)56(38-26-21-35(22-27-38)34-13-6-5-7-14-34)51-20-12-17-42-40-15-8-11-19-47(40)54(3,4)52(42)51/h5-33,55H,1-4H3. The van der Waals surface area contributed by atoms with Gasteiger partial charge in [-0.25, -0.2) is 0 Å². The minimum absolute atomic E-state index is 0.0261. The van der Waals surface area contributed by atoms with Gasteiger partial charge in [0.1, 0.15) is 0 Å². The number of fused-ring (bicyclic) bond motifs is 9. The van der Waals surface area contributed by atoms with E-state index in [-0.39, 0.29) is 10.8 Å². The molecule has 8 aromatic carbocycles. The van der Waals surface area contributed by atoms with Gasteiger partial charge in [-0.1, -0.05) is 149 Å². The number of aromatic nitrogens is 1. The molecule has 0 saturated carbocycles. The molecule has 56 heavy (non-hydrogen) atoms. The molecule has 0 bridgehead atoms. The summed E-state index contributed by atoms with van der Waals surface area (Å²) in [4.78, 5) is 6.20. The maximum absolute atomic E-state index is 3.75. The zero-order valence-corrected chi connectivity index (χ0v) is 32.2. The van der Waals surface area contributed by atoms with Crippen molar-refractivity contribution in [3.05, 3.63) is 198 Å². The summed E-state index contributed by atoms with van der Waals surface area (Å²) >= 11 is 0. The number of nitrogens with one attached hydrogen (secondary N) is 1. The lowest BCUT2D eigenvalue weighted by molar-refractivity contribution is 0.660. The average molecular weight is 719 g/mol. The SMILES string of the molecule is CC1(C)c2ccccc2-c2cc3c(cc21)[nH]c1ccc(-c2ccc(N(c4ccc(-c5ccccc5)cc4)c4cccc5c4C(C)(C)c4ccccc4-5)cc2)cc13. The van der Waals surface area contributed by atoms with Gasteiger partial charge in [0.2, 0.25) is 0 Å². The molecule has 0 unspecified atom stereocenters. The van der Waals surface area contributed by atoms with Crippen LogP contribution in [0.5, 0.6) is 0 Å². The quantitative estimate of drug-likeness (QED) is 0.188. The predicted molar refractivity (Wildman–Crippen MR) is 236 cm³/mol. The Morgan fingerprint density at radius 2 is 0.911 bits per heavy atom. The van der Waals surface area contributed by atoms with Crippen molar-refractivity contribution >= 4 is 38.9 Å². The van der Waals surface area contributed by atoms with Crippen LogP contribution in [0.4, 0.5) is 17.1 Å². The van der Waals surface area contributed by atoms with Crippen LogP contribution in [0.15, 0.2) is 176 Å². The second-order valence-corrected chi connectivity index (χ2v) is 16.7. The maximum Gasteiger partial charge on any atom is 0.0508 e. The Morgan fingerprint density at radius 3 is 1.61 bits per heavy atom. The minimum Gasteiger partial charge on any atom is -0.355 e. The predicted octanol–water partition coefficient (Wildman–Crippen LogP) is 14.7. The van der Waals surface area contributed by atoms with E-state index in [0.717, 1.165) is 11.4 Å². The third-order valence-corrected chi connectivity index (χ3v) is 12.8. The number of hydrogen-bond acceptors (Lipinski definition) is 1. The Morgan fingerprint density at radius 1 is 0.375 bits per heavy atom. The first-order chi connectivity index (χ1) is 27.3. The fraction of sp³-hybridized carbons (Fsp3) is 0.111. The molecule has 11 rings (SSSR count). The number of rotatable bonds is 5. The molecule has 2 aliphatic carbocycles. The zero-order chi connectivity index (χ0) is 37.8. The van der Waals surface area contributed by atoms with E-state index >= 15 is 0 Å². The van der Waals surface area contributed by atoms with E-state index in [0.29, 0.717) is 0 Å². The lowest BCUT2D eigenvalue weighted by Gasteiger charge is -2.32. The lowest BCUT2D eigenvalue weighted by Crippen LogP contribution is -2.20. The van der Waals surface area contributed by atoms with Gasteiger partial charge in [0.15, 0.2) is 0 Å². The second kappa shape index (κ2) is 11.9. The molecule has 0 saturated heterocycles. The van der Waals surface area contributed by atoms with Crippen molar-refractivity contribution in [2.24, 2.45) is 0 Å². The van der Waals surface area contributed by atoms with Crippen LogP contribution >= 0.6 is 0 Å². The lowest BCUT2D eigenvalue weighted by atomic mass is 9.81. The molecule has 0 amide bonds. The largest absolute Gasteiger partial charge is 0.355 e. The molecule has 0 atom stereocenters. The van der Waals surface area contributed by atoms with Crippen LogP contribution in [-0.4, -0.2) is 4.98 Å². The summed E-state index contributed by atoms with van der Waals surface area (Å²) in [6.07, 6.45) is 0. The van der Waals surface area contributed by atoms with Gasteiger partial charge in [-0.05, 0) is 121 Å². The average Bonchev–Trinajstić information content (AvgIpc) is 3.80. The van der Waals surface area contributed by atoms with Crippen LogP contribution in [0.3, 0.4) is 0 Å².